The van der Waals surface area contributed by atoms with Crippen LogP contribution in [-0.2, 0) is 0 Å². The van der Waals surface area contributed by atoms with Crippen LogP contribution >= 0.6 is 0 Å². The summed E-state index contributed by atoms with van der Waals surface area (Å²) in [6, 6.07) is 20.5. The summed E-state index contributed by atoms with van der Waals surface area (Å²) >= 11 is 0. The number of fused-ring (bicyclic) bond motifs is 3. The van der Waals surface area contributed by atoms with Gasteiger partial charge in [-0.1, -0.05) is 36.4 Å². The maximum Gasteiger partial charge on any atom is 0.161 e. The molecule has 0 saturated carbocycles. The number of hydrogen-bond acceptors (Lipinski definition) is 5. The SMILES string of the molecule is [2H]C([2H])([2H])Oc1ccccc1OCCNCC(O)COc1cccc2[nH]c3ccccc3c12. The zero-order valence-corrected chi connectivity index (χ0v) is 16.4. The number of hydrogen-bond donors (Lipinski definition) is 3. The van der Waals surface area contributed by atoms with Crippen LogP contribution < -0.4 is 19.5 Å². The largest absolute Gasteiger partial charge is 0.493 e. The Morgan fingerprint density at radius 1 is 0.933 bits per heavy atom. The van der Waals surface area contributed by atoms with E-state index in [-0.39, 0.29) is 19.0 Å². The highest BCUT2D eigenvalue weighted by Crippen LogP contribution is 2.33. The number of aliphatic hydroxyl groups excluding tert-OH is 1. The second-order valence-corrected chi connectivity index (χ2v) is 6.92. The molecule has 156 valence electrons. The Morgan fingerprint density at radius 3 is 2.60 bits per heavy atom. The Hall–Kier alpha value is -3.22. The third-order valence-electron chi connectivity index (χ3n) is 4.80. The number of aliphatic hydroxyl groups is 1. The van der Waals surface area contributed by atoms with Crippen LogP contribution in [0.3, 0.4) is 0 Å². The molecule has 0 radical (unpaired) electrons. The van der Waals surface area contributed by atoms with Crippen molar-refractivity contribution in [3.8, 4) is 17.2 Å². The van der Waals surface area contributed by atoms with Crippen molar-refractivity contribution in [3.05, 3.63) is 66.7 Å². The number of benzene rings is 3. The first-order valence-electron chi connectivity index (χ1n) is 11.3. The van der Waals surface area contributed by atoms with Crippen molar-refractivity contribution in [1.29, 1.82) is 0 Å². The van der Waals surface area contributed by atoms with E-state index in [4.69, 9.17) is 18.3 Å². The summed E-state index contributed by atoms with van der Waals surface area (Å²) in [6.45, 7) is 1.20. The Bertz CT molecular complexity index is 1210. The topological polar surface area (TPSA) is 75.7 Å². The van der Waals surface area contributed by atoms with Crippen molar-refractivity contribution < 1.29 is 23.4 Å². The minimum absolute atomic E-state index is 0.141. The van der Waals surface area contributed by atoms with Gasteiger partial charge in [-0.2, -0.15) is 0 Å². The van der Waals surface area contributed by atoms with Crippen molar-refractivity contribution in [1.82, 2.24) is 10.3 Å². The normalized spacial score (nSPS) is 14.1. The number of aromatic amines is 1. The average molecular weight is 410 g/mol. The van der Waals surface area contributed by atoms with Crippen LogP contribution in [0.15, 0.2) is 66.7 Å². The standard InChI is InChI=1S/C24H26N2O4/c1-28-21-10-4-5-11-22(21)29-14-13-25-15-17(27)16-30-23-12-6-9-20-24(23)18-7-2-3-8-19(18)26-20/h2-12,17,25-27H,13-16H2,1H3/i1D3. The van der Waals surface area contributed by atoms with Gasteiger partial charge in [-0.25, -0.2) is 0 Å². The average Bonchev–Trinajstić information content (AvgIpc) is 3.17. The number of para-hydroxylation sites is 3. The lowest BCUT2D eigenvalue weighted by molar-refractivity contribution is 0.106. The van der Waals surface area contributed by atoms with Gasteiger partial charge in [-0.15, -0.1) is 0 Å². The zero-order valence-electron chi connectivity index (χ0n) is 19.4. The van der Waals surface area contributed by atoms with E-state index in [1.54, 1.807) is 24.3 Å². The molecule has 1 heterocycles. The van der Waals surface area contributed by atoms with E-state index in [1.807, 2.05) is 42.5 Å². The Labute approximate surface area is 179 Å². The molecule has 4 rings (SSSR count). The summed E-state index contributed by atoms with van der Waals surface area (Å²) in [4.78, 5) is 3.38. The third-order valence-corrected chi connectivity index (χ3v) is 4.80. The smallest absolute Gasteiger partial charge is 0.161 e. The second kappa shape index (κ2) is 9.52. The molecule has 3 N–H and O–H groups in total. The molecule has 0 bridgehead atoms. The second-order valence-electron chi connectivity index (χ2n) is 6.92. The highest BCUT2D eigenvalue weighted by atomic mass is 16.5. The molecule has 4 aromatic rings. The van der Waals surface area contributed by atoms with Crippen molar-refractivity contribution in [2.75, 3.05) is 33.3 Å². The monoisotopic (exact) mass is 409 g/mol. The molecular weight excluding hydrogens is 380 g/mol. The summed E-state index contributed by atoms with van der Waals surface area (Å²) in [5, 5.41) is 15.5. The van der Waals surface area contributed by atoms with Gasteiger partial charge < -0.3 is 29.6 Å². The van der Waals surface area contributed by atoms with Crippen LogP contribution in [-0.4, -0.2) is 49.5 Å². The summed E-state index contributed by atoms with van der Waals surface area (Å²) in [7, 11) is -2.54. The molecule has 6 nitrogen and oxygen atoms in total. The van der Waals surface area contributed by atoms with Crippen LogP contribution in [0.4, 0.5) is 0 Å². The highest BCUT2D eigenvalue weighted by Gasteiger charge is 2.11. The molecule has 0 amide bonds. The summed E-state index contributed by atoms with van der Waals surface area (Å²) in [6.07, 6.45) is -0.711. The molecule has 0 aliphatic carbocycles. The molecule has 0 saturated heterocycles. The van der Waals surface area contributed by atoms with Crippen LogP contribution in [0.1, 0.15) is 4.11 Å². The van der Waals surface area contributed by atoms with Crippen molar-refractivity contribution in [2.24, 2.45) is 0 Å². The lowest BCUT2D eigenvalue weighted by atomic mass is 10.1. The molecule has 1 unspecified atom stereocenters. The van der Waals surface area contributed by atoms with Gasteiger partial charge in [0.1, 0.15) is 25.1 Å². The molecule has 6 heteroatoms. The van der Waals surface area contributed by atoms with Crippen LogP contribution in [0.2, 0.25) is 0 Å². The van der Waals surface area contributed by atoms with Crippen molar-refractivity contribution in [3.63, 3.8) is 0 Å². The third kappa shape index (κ3) is 4.50. The maximum atomic E-state index is 10.3. The van der Waals surface area contributed by atoms with Crippen LogP contribution in [0, 0.1) is 0 Å². The molecule has 0 aliphatic heterocycles. The van der Waals surface area contributed by atoms with E-state index in [1.165, 1.54) is 0 Å². The zero-order chi connectivity index (χ0) is 23.3. The lowest BCUT2D eigenvalue weighted by Gasteiger charge is -2.15. The number of methoxy groups -OCH3 is 1. The fraction of sp³-hybridized carbons (Fsp3) is 0.250. The van der Waals surface area contributed by atoms with Crippen LogP contribution in [0.25, 0.3) is 21.8 Å². The van der Waals surface area contributed by atoms with Gasteiger partial charge in [0.05, 0.1) is 16.7 Å². The van der Waals surface area contributed by atoms with Gasteiger partial charge in [0, 0.05) is 29.4 Å². The van der Waals surface area contributed by atoms with Gasteiger partial charge in [0.2, 0.25) is 0 Å². The number of rotatable bonds is 10. The summed E-state index contributed by atoms with van der Waals surface area (Å²) < 4.78 is 38.2. The molecule has 0 fully saturated rings. The maximum absolute atomic E-state index is 10.3. The first kappa shape index (κ1) is 16.6. The van der Waals surface area contributed by atoms with Crippen molar-refractivity contribution in [2.45, 2.75) is 6.10 Å². The van der Waals surface area contributed by atoms with Gasteiger partial charge in [0.25, 0.3) is 0 Å². The predicted octanol–water partition coefficient (Wildman–Crippen LogP) is 3.74. The predicted molar refractivity (Wildman–Crippen MR) is 119 cm³/mol. The molecule has 0 aliphatic rings. The van der Waals surface area contributed by atoms with E-state index >= 15 is 0 Å². The molecule has 0 spiro atoms. The Morgan fingerprint density at radius 2 is 1.70 bits per heavy atom. The number of ether oxygens (including phenoxy) is 3. The van der Waals surface area contributed by atoms with Gasteiger partial charge in [-0.3, -0.25) is 0 Å². The Balaban J connectivity index is 1.24. The highest BCUT2D eigenvalue weighted by molar-refractivity contribution is 6.10. The molecule has 1 atom stereocenters. The first-order chi connectivity index (χ1) is 15.9. The van der Waals surface area contributed by atoms with Gasteiger partial charge in [0.15, 0.2) is 11.5 Å². The van der Waals surface area contributed by atoms with E-state index in [0.29, 0.717) is 18.8 Å². The minimum atomic E-state index is -2.54. The fourth-order valence-electron chi connectivity index (χ4n) is 3.39. The van der Waals surface area contributed by atoms with Crippen molar-refractivity contribution >= 4 is 21.8 Å². The van der Waals surface area contributed by atoms with Gasteiger partial charge >= 0.3 is 0 Å². The lowest BCUT2D eigenvalue weighted by Crippen LogP contribution is -2.33. The first-order valence-corrected chi connectivity index (χ1v) is 9.82. The van der Waals surface area contributed by atoms with E-state index in [0.717, 1.165) is 27.6 Å². The summed E-state index contributed by atoms with van der Waals surface area (Å²) in [5.41, 5.74) is 2.03. The molecular formula is C24H26N2O4. The summed E-state index contributed by atoms with van der Waals surface area (Å²) in [5.74, 6) is 1.24. The molecule has 30 heavy (non-hydrogen) atoms. The fourth-order valence-corrected chi connectivity index (χ4v) is 3.39. The van der Waals surface area contributed by atoms with E-state index in [9.17, 15) is 5.11 Å². The quantitative estimate of drug-likeness (QED) is 0.348. The number of aromatic nitrogens is 1. The van der Waals surface area contributed by atoms with E-state index < -0.39 is 13.1 Å². The number of H-pyrrole nitrogens is 1. The van der Waals surface area contributed by atoms with Gasteiger partial charge in [-0.05, 0) is 30.3 Å². The molecule has 1 aromatic heterocycles. The minimum Gasteiger partial charge on any atom is -0.493 e. The van der Waals surface area contributed by atoms with E-state index in [2.05, 4.69) is 10.3 Å². The number of nitrogens with one attached hydrogen (secondary N) is 2. The van der Waals surface area contributed by atoms with Crippen LogP contribution in [0.5, 0.6) is 17.2 Å². The Kier molecular flexibility index (Phi) is 5.26. The molecule has 3 aromatic carbocycles.